The highest BCUT2D eigenvalue weighted by Crippen LogP contribution is 2.20. The molecule has 150 valence electrons. The summed E-state index contributed by atoms with van der Waals surface area (Å²) in [5.74, 6) is 0.568. The first kappa shape index (κ1) is 20.5. The van der Waals surface area contributed by atoms with Gasteiger partial charge >= 0.3 is 0 Å². The van der Waals surface area contributed by atoms with E-state index >= 15 is 0 Å². The maximum atomic E-state index is 13.2. The molecular weight excluding hydrogens is 377 g/mol. The number of anilines is 1. The second-order valence-electron chi connectivity index (χ2n) is 6.62. The van der Waals surface area contributed by atoms with Crippen molar-refractivity contribution in [2.45, 2.75) is 6.54 Å². The van der Waals surface area contributed by atoms with Gasteiger partial charge in [-0.15, -0.1) is 0 Å². The van der Waals surface area contributed by atoms with E-state index in [0.717, 1.165) is 56.4 Å². The van der Waals surface area contributed by atoms with Gasteiger partial charge in [-0.2, -0.15) is 0 Å². The molecule has 7 heteroatoms. The molecule has 28 heavy (non-hydrogen) atoms. The molecule has 0 saturated carbocycles. The van der Waals surface area contributed by atoms with Crippen molar-refractivity contribution in [3.05, 3.63) is 59.9 Å². The van der Waals surface area contributed by atoms with Crippen LogP contribution in [0.2, 0.25) is 0 Å². The molecular formula is C21H26FN3O2S. The molecule has 1 saturated heterocycles. The fourth-order valence-electron chi connectivity index (χ4n) is 3.11. The Bertz CT molecular complexity index is 767. The van der Waals surface area contributed by atoms with Gasteiger partial charge in [0.05, 0.1) is 20.3 Å². The number of methoxy groups -OCH3 is 1. The summed E-state index contributed by atoms with van der Waals surface area (Å²) in [5, 5.41) is 3.82. The van der Waals surface area contributed by atoms with Crippen molar-refractivity contribution >= 4 is 23.0 Å². The van der Waals surface area contributed by atoms with Crippen LogP contribution in [0.25, 0.3) is 0 Å². The van der Waals surface area contributed by atoms with Gasteiger partial charge in [-0.3, -0.25) is 4.90 Å². The lowest BCUT2D eigenvalue weighted by Crippen LogP contribution is -2.44. The van der Waals surface area contributed by atoms with Crippen LogP contribution in [-0.2, 0) is 11.3 Å². The third kappa shape index (κ3) is 5.89. The van der Waals surface area contributed by atoms with Gasteiger partial charge < -0.3 is 19.7 Å². The van der Waals surface area contributed by atoms with Crippen LogP contribution in [0, 0.1) is 5.82 Å². The minimum absolute atomic E-state index is 0.269. The Morgan fingerprint density at radius 2 is 1.89 bits per heavy atom. The molecule has 3 rings (SSSR count). The molecule has 1 aliphatic rings. The molecule has 0 amide bonds. The van der Waals surface area contributed by atoms with Gasteiger partial charge in [-0.05, 0) is 42.5 Å². The molecule has 0 radical (unpaired) electrons. The maximum Gasteiger partial charge on any atom is 0.173 e. The second-order valence-corrected chi connectivity index (χ2v) is 7.01. The predicted octanol–water partition coefficient (Wildman–Crippen LogP) is 3.37. The second kappa shape index (κ2) is 10.4. The lowest BCUT2D eigenvalue weighted by molar-refractivity contribution is 0.0358. The SMILES string of the molecule is COc1ccccc1CN(CCN1CCOCC1)C(=S)Nc1ccc(F)cc1. The van der Waals surface area contributed by atoms with E-state index in [1.807, 2.05) is 24.3 Å². The van der Waals surface area contributed by atoms with E-state index < -0.39 is 0 Å². The largest absolute Gasteiger partial charge is 0.496 e. The first-order chi connectivity index (χ1) is 13.7. The summed E-state index contributed by atoms with van der Waals surface area (Å²) in [4.78, 5) is 4.49. The van der Waals surface area contributed by atoms with E-state index in [9.17, 15) is 4.39 Å². The third-order valence-corrected chi connectivity index (χ3v) is 5.09. The van der Waals surface area contributed by atoms with Crippen LogP contribution in [-0.4, -0.2) is 61.4 Å². The van der Waals surface area contributed by atoms with Crippen molar-refractivity contribution in [1.82, 2.24) is 9.80 Å². The summed E-state index contributed by atoms with van der Waals surface area (Å²) >= 11 is 5.67. The van der Waals surface area contributed by atoms with Crippen molar-refractivity contribution in [2.24, 2.45) is 0 Å². The van der Waals surface area contributed by atoms with Crippen LogP contribution in [0.1, 0.15) is 5.56 Å². The zero-order valence-corrected chi connectivity index (χ0v) is 16.9. The Labute approximate surface area is 171 Å². The number of halogens is 1. The smallest absolute Gasteiger partial charge is 0.173 e. The summed E-state index contributed by atoms with van der Waals surface area (Å²) in [5.41, 5.74) is 1.83. The number of nitrogens with one attached hydrogen (secondary N) is 1. The maximum absolute atomic E-state index is 13.2. The highest BCUT2D eigenvalue weighted by molar-refractivity contribution is 7.80. The van der Waals surface area contributed by atoms with Crippen LogP contribution in [0.4, 0.5) is 10.1 Å². The lowest BCUT2D eigenvalue weighted by Gasteiger charge is -2.31. The fraction of sp³-hybridized carbons (Fsp3) is 0.381. The van der Waals surface area contributed by atoms with Crippen LogP contribution in [0.5, 0.6) is 5.75 Å². The first-order valence-corrected chi connectivity index (χ1v) is 9.80. The van der Waals surface area contributed by atoms with Crippen molar-refractivity contribution in [3.8, 4) is 5.75 Å². The quantitative estimate of drug-likeness (QED) is 0.715. The number of hydrogen-bond donors (Lipinski definition) is 1. The topological polar surface area (TPSA) is 37.0 Å². The Morgan fingerprint density at radius 1 is 1.18 bits per heavy atom. The highest BCUT2D eigenvalue weighted by atomic mass is 32.1. The summed E-state index contributed by atoms with van der Waals surface area (Å²) in [6.07, 6.45) is 0. The highest BCUT2D eigenvalue weighted by Gasteiger charge is 2.16. The number of ether oxygens (including phenoxy) is 2. The minimum atomic E-state index is -0.269. The molecule has 5 nitrogen and oxygen atoms in total. The first-order valence-electron chi connectivity index (χ1n) is 9.39. The molecule has 0 unspecified atom stereocenters. The Hall–Kier alpha value is -2.22. The van der Waals surface area contributed by atoms with Gasteiger partial charge in [0.15, 0.2) is 5.11 Å². The molecule has 1 N–H and O–H groups in total. The zero-order valence-electron chi connectivity index (χ0n) is 16.1. The molecule has 0 spiro atoms. The molecule has 1 aliphatic heterocycles. The Kier molecular flexibility index (Phi) is 7.59. The monoisotopic (exact) mass is 403 g/mol. The molecule has 0 aliphatic carbocycles. The van der Waals surface area contributed by atoms with Gasteiger partial charge in [-0.25, -0.2) is 4.39 Å². The van der Waals surface area contributed by atoms with Crippen molar-refractivity contribution in [1.29, 1.82) is 0 Å². The molecule has 2 aromatic carbocycles. The van der Waals surface area contributed by atoms with Crippen LogP contribution in [0.15, 0.2) is 48.5 Å². The van der Waals surface area contributed by atoms with Gasteiger partial charge in [-0.1, -0.05) is 18.2 Å². The Morgan fingerprint density at radius 3 is 2.61 bits per heavy atom. The number of rotatable bonds is 7. The fourth-order valence-corrected chi connectivity index (χ4v) is 3.39. The molecule has 0 atom stereocenters. The van der Waals surface area contributed by atoms with Crippen LogP contribution in [0.3, 0.4) is 0 Å². The number of nitrogens with zero attached hydrogens (tertiary/aromatic N) is 2. The molecule has 1 fully saturated rings. The normalized spacial score (nSPS) is 14.5. The van der Waals surface area contributed by atoms with Gasteiger partial charge in [0.1, 0.15) is 11.6 Å². The molecule has 0 bridgehead atoms. The van der Waals surface area contributed by atoms with E-state index in [1.54, 1.807) is 19.2 Å². The number of hydrogen-bond acceptors (Lipinski definition) is 4. The minimum Gasteiger partial charge on any atom is -0.496 e. The van der Waals surface area contributed by atoms with Gasteiger partial charge in [0.25, 0.3) is 0 Å². The van der Waals surface area contributed by atoms with Crippen molar-refractivity contribution in [3.63, 3.8) is 0 Å². The van der Waals surface area contributed by atoms with Crippen molar-refractivity contribution in [2.75, 3.05) is 51.8 Å². The molecule has 2 aromatic rings. The standard InChI is InChI=1S/C21H26FN3O2S/c1-26-20-5-3-2-4-17(20)16-25(11-10-24-12-14-27-15-13-24)21(28)23-19-8-6-18(22)7-9-19/h2-9H,10-16H2,1H3,(H,23,28). The van der Waals surface area contributed by atoms with E-state index in [4.69, 9.17) is 21.7 Å². The lowest BCUT2D eigenvalue weighted by atomic mass is 10.2. The zero-order chi connectivity index (χ0) is 19.8. The molecule has 1 heterocycles. The van der Waals surface area contributed by atoms with Crippen LogP contribution < -0.4 is 10.1 Å². The Balaban J connectivity index is 1.70. The van der Waals surface area contributed by atoms with E-state index in [1.165, 1.54) is 12.1 Å². The summed E-state index contributed by atoms with van der Waals surface area (Å²) < 4.78 is 24.1. The van der Waals surface area contributed by atoms with E-state index in [2.05, 4.69) is 15.1 Å². The van der Waals surface area contributed by atoms with Crippen molar-refractivity contribution < 1.29 is 13.9 Å². The number of thiocarbonyl (C=S) groups is 1. The van der Waals surface area contributed by atoms with Gasteiger partial charge in [0, 0.05) is 44.0 Å². The van der Waals surface area contributed by atoms with E-state index in [-0.39, 0.29) is 5.82 Å². The average Bonchev–Trinajstić information content (AvgIpc) is 2.73. The molecule has 0 aromatic heterocycles. The van der Waals surface area contributed by atoms with Crippen LogP contribution >= 0.6 is 12.2 Å². The average molecular weight is 404 g/mol. The summed E-state index contributed by atoms with van der Waals surface area (Å²) in [6, 6.07) is 14.2. The summed E-state index contributed by atoms with van der Waals surface area (Å²) in [7, 11) is 1.67. The van der Waals surface area contributed by atoms with E-state index in [0.29, 0.717) is 11.7 Å². The predicted molar refractivity (Wildman–Crippen MR) is 113 cm³/mol. The number of morpholine rings is 1. The number of para-hydroxylation sites is 1. The third-order valence-electron chi connectivity index (χ3n) is 4.73. The summed E-state index contributed by atoms with van der Waals surface area (Å²) in [6.45, 7) is 5.69. The van der Waals surface area contributed by atoms with Gasteiger partial charge in [0.2, 0.25) is 0 Å². The number of benzene rings is 2.